The normalized spacial score (nSPS) is 20.9. The first-order valence-electron chi connectivity index (χ1n) is 5.93. The van der Waals surface area contributed by atoms with E-state index in [1.165, 1.54) is 12.0 Å². The number of phenolic OH excluding ortho intramolecular Hbond substituents is 1. The largest absolute Gasteiger partial charge is 0.508 e. The fourth-order valence-corrected chi connectivity index (χ4v) is 1.98. The highest BCUT2D eigenvalue weighted by atomic mass is 16.5. The second kappa shape index (κ2) is 5.87. The lowest BCUT2D eigenvalue weighted by molar-refractivity contribution is 0.0707. The zero-order valence-corrected chi connectivity index (χ0v) is 9.48. The maximum atomic E-state index is 9.15. The minimum Gasteiger partial charge on any atom is -0.508 e. The van der Waals surface area contributed by atoms with E-state index in [9.17, 15) is 0 Å². The van der Waals surface area contributed by atoms with Crippen LogP contribution in [0.25, 0.3) is 0 Å². The quantitative estimate of drug-likeness (QED) is 0.813. The second-order valence-electron chi connectivity index (χ2n) is 4.28. The third-order valence-corrected chi connectivity index (χ3v) is 2.94. The zero-order chi connectivity index (χ0) is 11.2. The summed E-state index contributed by atoms with van der Waals surface area (Å²) in [4.78, 5) is 0. The van der Waals surface area contributed by atoms with E-state index in [1.54, 1.807) is 12.1 Å². The van der Waals surface area contributed by atoms with Crippen molar-refractivity contribution in [1.29, 1.82) is 0 Å². The molecule has 3 nitrogen and oxygen atoms in total. The maximum Gasteiger partial charge on any atom is 0.115 e. The molecule has 0 radical (unpaired) electrons. The summed E-state index contributed by atoms with van der Waals surface area (Å²) in [5.41, 5.74) is 1.25. The van der Waals surface area contributed by atoms with Gasteiger partial charge >= 0.3 is 0 Å². The summed E-state index contributed by atoms with van der Waals surface area (Å²) in [5, 5.41) is 12.7. The van der Waals surface area contributed by atoms with Crippen LogP contribution in [0.1, 0.15) is 18.4 Å². The summed E-state index contributed by atoms with van der Waals surface area (Å²) in [7, 11) is 0. The molecule has 3 heteroatoms. The fraction of sp³-hybridized carbons (Fsp3) is 0.538. The maximum absolute atomic E-state index is 9.15. The van der Waals surface area contributed by atoms with Crippen LogP contribution >= 0.6 is 0 Å². The van der Waals surface area contributed by atoms with Crippen LogP contribution in [0.4, 0.5) is 0 Å². The van der Waals surface area contributed by atoms with E-state index in [2.05, 4.69) is 5.32 Å². The van der Waals surface area contributed by atoms with E-state index in [-0.39, 0.29) is 0 Å². The number of nitrogens with one attached hydrogen (secondary N) is 1. The van der Waals surface area contributed by atoms with Gasteiger partial charge in [0.25, 0.3) is 0 Å². The van der Waals surface area contributed by atoms with Gasteiger partial charge in [0.15, 0.2) is 0 Å². The van der Waals surface area contributed by atoms with Crippen LogP contribution < -0.4 is 5.32 Å². The average Bonchev–Trinajstić information content (AvgIpc) is 2.33. The first kappa shape index (κ1) is 11.4. The number of aromatic hydroxyl groups is 1. The summed E-state index contributed by atoms with van der Waals surface area (Å²) < 4.78 is 5.41. The number of rotatable bonds is 4. The molecule has 0 saturated carbocycles. The van der Waals surface area contributed by atoms with E-state index in [4.69, 9.17) is 9.84 Å². The summed E-state index contributed by atoms with van der Waals surface area (Å²) >= 11 is 0. The second-order valence-corrected chi connectivity index (χ2v) is 4.28. The van der Waals surface area contributed by atoms with Crippen molar-refractivity contribution < 1.29 is 9.84 Å². The minimum atomic E-state index is 0.331. The molecule has 1 fully saturated rings. The Morgan fingerprint density at radius 1 is 1.31 bits per heavy atom. The molecular formula is C13H19NO2. The first-order chi connectivity index (χ1) is 7.84. The van der Waals surface area contributed by atoms with E-state index in [1.807, 2.05) is 12.1 Å². The van der Waals surface area contributed by atoms with Gasteiger partial charge in [-0.25, -0.2) is 0 Å². The Labute approximate surface area is 96.4 Å². The van der Waals surface area contributed by atoms with Gasteiger partial charge in [-0.2, -0.15) is 0 Å². The van der Waals surface area contributed by atoms with Gasteiger partial charge in [0, 0.05) is 12.6 Å². The lowest BCUT2D eigenvalue weighted by Crippen LogP contribution is -2.37. The summed E-state index contributed by atoms with van der Waals surface area (Å²) in [6.45, 7) is 2.73. The predicted molar refractivity (Wildman–Crippen MR) is 63.7 cm³/mol. The van der Waals surface area contributed by atoms with Crippen LogP contribution in [-0.4, -0.2) is 30.9 Å². The van der Waals surface area contributed by atoms with Crippen molar-refractivity contribution in [2.45, 2.75) is 25.3 Å². The molecule has 1 aliphatic rings. The zero-order valence-electron chi connectivity index (χ0n) is 9.48. The standard InChI is InChI=1S/C13H19NO2/c15-13-5-3-11(4-6-13)7-8-14-12-2-1-9-16-10-12/h3-6,12,14-15H,1-2,7-10H2. The van der Waals surface area contributed by atoms with Crippen molar-refractivity contribution in [2.24, 2.45) is 0 Å². The molecule has 1 atom stereocenters. The van der Waals surface area contributed by atoms with E-state index in [0.717, 1.165) is 32.6 Å². The Balaban J connectivity index is 1.69. The number of hydrogen-bond acceptors (Lipinski definition) is 3. The van der Waals surface area contributed by atoms with Crippen LogP contribution in [0.15, 0.2) is 24.3 Å². The van der Waals surface area contributed by atoms with Crippen molar-refractivity contribution in [3.05, 3.63) is 29.8 Å². The highest BCUT2D eigenvalue weighted by Crippen LogP contribution is 2.10. The van der Waals surface area contributed by atoms with Crippen molar-refractivity contribution in [3.8, 4) is 5.75 Å². The van der Waals surface area contributed by atoms with E-state index < -0.39 is 0 Å². The number of ether oxygens (including phenoxy) is 1. The van der Waals surface area contributed by atoms with Gasteiger partial charge in [-0.1, -0.05) is 12.1 Å². The molecule has 0 bridgehead atoms. The molecule has 2 rings (SSSR count). The van der Waals surface area contributed by atoms with Gasteiger partial charge in [0.05, 0.1) is 6.61 Å². The van der Waals surface area contributed by atoms with Crippen molar-refractivity contribution >= 4 is 0 Å². The summed E-state index contributed by atoms with van der Waals surface area (Å²) in [6, 6.07) is 7.92. The number of benzene rings is 1. The van der Waals surface area contributed by atoms with Crippen molar-refractivity contribution in [1.82, 2.24) is 5.32 Å². The molecule has 2 N–H and O–H groups in total. The molecule has 1 unspecified atom stereocenters. The van der Waals surface area contributed by atoms with Gasteiger partial charge in [-0.3, -0.25) is 0 Å². The summed E-state index contributed by atoms with van der Waals surface area (Å²) in [5.74, 6) is 0.331. The van der Waals surface area contributed by atoms with Crippen molar-refractivity contribution in [3.63, 3.8) is 0 Å². The molecule has 1 aromatic rings. The fourth-order valence-electron chi connectivity index (χ4n) is 1.98. The lowest BCUT2D eigenvalue weighted by atomic mass is 10.1. The Morgan fingerprint density at radius 2 is 2.12 bits per heavy atom. The summed E-state index contributed by atoms with van der Waals surface area (Å²) in [6.07, 6.45) is 3.38. The van der Waals surface area contributed by atoms with E-state index >= 15 is 0 Å². The monoisotopic (exact) mass is 221 g/mol. The molecule has 1 aromatic carbocycles. The van der Waals surface area contributed by atoms with Crippen LogP contribution in [0.2, 0.25) is 0 Å². The Morgan fingerprint density at radius 3 is 2.81 bits per heavy atom. The SMILES string of the molecule is Oc1ccc(CCNC2CCCOC2)cc1. The van der Waals surface area contributed by atoms with Gasteiger partial charge in [0.2, 0.25) is 0 Å². The molecule has 88 valence electrons. The number of phenols is 1. The minimum absolute atomic E-state index is 0.331. The Bertz CT molecular complexity index is 304. The molecular weight excluding hydrogens is 202 g/mol. The van der Waals surface area contributed by atoms with Gasteiger partial charge in [0.1, 0.15) is 5.75 Å². The van der Waals surface area contributed by atoms with Crippen molar-refractivity contribution in [2.75, 3.05) is 19.8 Å². The van der Waals surface area contributed by atoms with Gasteiger partial charge < -0.3 is 15.2 Å². The lowest BCUT2D eigenvalue weighted by Gasteiger charge is -2.23. The molecule has 0 aliphatic carbocycles. The van der Waals surface area contributed by atoms with Gasteiger partial charge in [-0.05, 0) is 43.5 Å². The van der Waals surface area contributed by atoms with Crippen LogP contribution in [0.3, 0.4) is 0 Å². The Hall–Kier alpha value is -1.06. The molecule has 16 heavy (non-hydrogen) atoms. The number of hydrogen-bond donors (Lipinski definition) is 2. The third kappa shape index (κ3) is 3.51. The molecule has 1 aliphatic heterocycles. The van der Waals surface area contributed by atoms with Crippen LogP contribution in [0, 0.1) is 0 Å². The molecule has 1 heterocycles. The van der Waals surface area contributed by atoms with E-state index in [0.29, 0.717) is 11.8 Å². The highest BCUT2D eigenvalue weighted by molar-refractivity contribution is 5.25. The molecule has 1 saturated heterocycles. The smallest absolute Gasteiger partial charge is 0.115 e. The molecule has 0 amide bonds. The topological polar surface area (TPSA) is 41.5 Å². The first-order valence-corrected chi connectivity index (χ1v) is 5.93. The molecule has 0 aromatic heterocycles. The Kier molecular flexibility index (Phi) is 4.19. The highest BCUT2D eigenvalue weighted by Gasteiger charge is 2.12. The third-order valence-electron chi connectivity index (χ3n) is 2.94. The van der Waals surface area contributed by atoms with Gasteiger partial charge in [-0.15, -0.1) is 0 Å². The van der Waals surface area contributed by atoms with Crippen LogP contribution in [0.5, 0.6) is 5.75 Å². The average molecular weight is 221 g/mol. The molecule has 0 spiro atoms. The predicted octanol–water partition coefficient (Wildman–Crippen LogP) is 1.70. The van der Waals surface area contributed by atoms with Crippen LogP contribution in [-0.2, 0) is 11.2 Å².